The number of hydrogen-bond donors (Lipinski definition) is 3. The lowest BCUT2D eigenvalue weighted by molar-refractivity contribution is 0.455. The Balaban J connectivity index is 2.63. The monoisotopic (exact) mass is 492 g/mol. The van der Waals surface area contributed by atoms with Crippen LogP contribution in [0.1, 0.15) is 16.7 Å². The molecule has 3 rings (SSSR count). The van der Waals surface area contributed by atoms with Gasteiger partial charge in [-0.2, -0.15) is 8.42 Å². The summed E-state index contributed by atoms with van der Waals surface area (Å²) in [5.41, 5.74) is -0.463. The lowest BCUT2D eigenvalue weighted by atomic mass is 9.83. The third kappa shape index (κ3) is 3.54. The molecule has 3 aromatic carbocycles. The van der Waals surface area contributed by atoms with Crippen LogP contribution in [0.25, 0.3) is 0 Å². The Bertz CT molecular complexity index is 1210. The van der Waals surface area contributed by atoms with E-state index >= 15 is 0 Å². The maximum atomic E-state index is 13.0. The van der Waals surface area contributed by atoms with Crippen molar-refractivity contribution in [3.63, 3.8) is 0 Å². The SMILES string of the molecule is O=S(=O)(O)C(c1cccc(O)c1)(c1cccc(O)c1Cl)c1ccc(Cl)c(Cl)c1Cl. The fourth-order valence-electron chi connectivity index (χ4n) is 3.20. The molecule has 0 fully saturated rings. The molecule has 0 spiro atoms. The van der Waals surface area contributed by atoms with Gasteiger partial charge in [0.2, 0.25) is 0 Å². The van der Waals surface area contributed by atoms with Crippen LogP contribution in [0.5, 0.6) is 11.5 Å². The van der Waals surface area contributed by atoms with Crippen LogP contribution in [0.4, 0.5) is 0 Å². The lowest BCUT2D eigenvalue weighted by Crippen LogP contribution is -2.39. The molecule has 3 aromatic rings. The van der Waals surface area contributed by atoms with Crippen LogP contribution in [0.15, 0.2) is 54.6 Å². The van der Waals surface area contributed by atoms with Gasteiger partial charge >= 0.3 is 0 Å². The summed E-state index contributed by atoms with van der Waals surface area (Å²) in [4.78, 5) is 0. The van der Waals surface area contributed by atoms with E-state index in [4.69, 9.17) is 46.4 Å². The maximum Gasteiger partial charge on any atom is 0.283 e. The number of benzene rings is 3. The first-order chi connectivity index (χ1) is 13.5. The number of hydrogen-bond acceptors (Lipinski definition) is 4. The molecule has 29 heavy (non-hydrogen) atoms. The molecule has 0 aliphatic heterocycles. The van der Waals surface area contributed by atoms with Crippen LogP contribution >= 0.6 is 46.4 Å². The summed E-state index contributed by atoms with van der Waals surface area (Å²) in [6, 6.07) is 11.7. The molecule has 10 heteroatoms. The Morgan fingerprint density at radius 1 is 0.759 bits per heavy atom. The molecule has 0 radical (unpaired) electrons. The maximum absolute atomic E-state index is 13.0. The Kier molecular flexibility index (Phi) is 5.98. The van der Waals surface area contributed by atoms with E-state index in [-0.39, 0.29) is 42.5 Å². The van der Waals surface area contributed by atoms with Gasteiger partial charge in [-0.05, 0) is 29.8 Å². The lowest BCUT2D eigenvalue weighted by Gasteiger charge is -2.34. The molecule has 5 nitrogen and oxygen atoms in total. The van der Waals surface area contributed by atoms with E-state index in [1.54, 1.807) is 0 Å². The van der Waals surface area contributed by atoms with Gasteiger partial charge in [0.05, 0.1) is 20.1 Å². The molecule has 0 aliphatic carbocycles. The molecule has 3 N–H and O–H groups in total. The largest absolute Gasteiger partial charge is 0.508 e. The number of phenolic OH excluding ortho intramolecular Hbond substituents is 2. The van der Waals surface area contributed by atoms with E-state index in [1.165, 1.54) is 48.5 Å². The van der Waals surface area contributed by atoms with Crippen molar-refractivity contribution in [3.05, 3.63) is 91.4 Å². The van der Waals surface area contributed by atoms with Gasteiger partial charge in [-0.1, -0.05) is 76.7 Å². The van der Waals surface area contributed by atoms with Gasteiger partial charge in [0.15, 0.2) is 4.75 Å². The first kappa shape index (κ1) is 22.0. The molecule has 0 bridgehead atoms. The topological polar surface area (TPSA) is 94.8 Å². The smallest absolute Gasteiger partial charge is 0.283 e. The van der Waals surface area contributed by atoms with Crippen LogP contribution in [0.2, 0.25) is 20.1 Å². The van der Waals surface area contributed by atoms with E-state index in [1.807, 2.05) is 0 Å². The third-order valence-corrected chi connectivity index (χ3v) is 7.55. The summed E-state index contributed by atoms with van der Waals surface area (Å²) in [6.45, 7) is 0. The van der Waals surface area contributed by atoms with Crippen molar-refractivity contribution in [1.29, 1.82) is 0 Å². The minimum atomic E-state index is -5.09. The molecule has 0 saturated carbocycles. The molecule has 1 atom stereocenters. The molecule has 1 unspecified atom stereocenters. The highest BCUT2D eigenvalue weighted by atomic mass is 35.5. The predicted molar refractivity (Wildman–Crippen MR) is 114 cm³/mol. The zero-order valence-corrected chi connectivity index (χ0v) is 18.1. The number of rotatable bonds is 4. The Morgan fingerprint density at radius 2 is 1.38 bits per heavy atom. The van der Waals surface area contributed by atoms with Crippen LogP contribution in [-0.2, 0) is 14.9 Å². The highest BCUT2D eigenvalue weighted by Crippen LogP contribution is 2.52. The number of halogens is 4. The van der Waals surface area contributed by atoms with Gasteiger partial charge in [-0.3, -0.25) is 4.55 Å². The summed E-state index contributed by atoms with van der Waals surface area (Å²) < 4.78 is 34.0. The minimum absolute atomic E-state index is 0.0579. The summed E-state index contributed by atoms with van der Waals surface area (Å²) in [5, 5.41) is 19.4. The fourth-order valence-corrected chi connectivity index (χ4v) is 5.58. The summed E-state index contributed by atoms with van der Waals surface area (Å²) in [5.74, 6) is -0.698. The Morgan fingerprint density at radius 3 is 2.00 bits per heavy atom. The van der Waals surface area contributed by atoms with Crippen molar-refractivity contribution < 1.29 is 23.2 Å². The Hall–Kier alpha value is -1.67. The van der Waals surface area contributed by atoms with Gasteiger partial charge in [-0.25, -0.2) is 0 Å². The zero-order valence-electron chi connectivity index (χ0n) is 14.3. The van der Waals surface area contributed by atoms with Crippen LogP contribution in [-0.4, -0.2) is 23.2 Å². The van der Waals surface area contributed by atoms with Crippen molar-refractivity contribution in [2.45, 2.75) is 4.75 Å². The predicted octanol–water partition coefficient (Wildman–Crippen LogP) is 5.89. The van der Waals surface area contributed by atoms with Gasteiger partial charge in [0, 0.05) is 11.1 Å². The quantitative estimate of drug-likeness (QED) is 0.239. The molecular formula is C19H12Cl4O5S. The molecule has 0 heterocycles. The molecule has 0 saturated heterocycles. The minimum Gasteiger partial charge on any atom is -0.508 e. The highest BCUT2D eigenvalue weighted by molar-refractivity contribution is 7.87. The third-order valence-electron chi connectivity index (χ3n) is 4.41. The normalized spacial score (nSPS) is 13.8. The van der Waals surface area contributed by atoms with Gasteiger partial charge in [0.25, 0.3) is 10.1 Å². The van der Waals surface area contributed by atoms with Crippen molar-refractivity contribution in [1.82, 2.24) is 0 Å². The number of phenols is 2. The van der Waals surface area contributed by atoms with Gasteiger partial charge in [-0.15, -0.1) is 0 Å². The molecule has 0 amide bonds. The molecular weight excluding hydrogens is 482 g/mol. The van der Waals surface area contributed by atoms with E-state index in [2.05, 4.69) is 0 Å². The number of aromatic hydroxyl groups is 2. The molecule has 0 aliphatic rings. The Labute approximate surface area is 186 Å². The van der Waals surface area contributed by atoms with Crippen LogP contribution in [0, 0.1) is 0 Å². The molecule has 0 aromatic heterocycles. The first-order valence-electron chi connectivity index (χ1n) is 7.90. The standard InChI is InChI=1S/C19H12Cl4O5S/c20-14-8-7-13(17(22)18(14)23)19(29(26,27)28,10-3-1-4-11(24)9-10)12-5-2-6-15(25)16(12)21/h1-9,24-25H,(H,26,27,28). The van der Waals surface area contributed by atoms with Crippen LogP contribution < -0.4 is 0 Å². The van der Waals surface area contributed by atoms with Gasteiger partial charge < -0.3 is 10.2 Å². The van der Waals surface area contributed by atoms with E-state index in [9.17, 15) is 23.2 Å². The second kappa shape index (κ2) is 7.87. The fraction of sp³-hybridized carbons (Fsp3) is 0.0526. The van der Waals surface area contributed by atoms with Crippen molar-refractivity contribution >= 4 is 56.5 Å². The van der Waals surface area contributed by atoms with E-state index < -0.39 is 20.6 Å². The summed E-state index contributed by atoms with van der Waals surface area (Å²) >= 11 is 24.8. The van der Waals surface area contributed by atoms with E-state index in [0.717, 1.165) is 6.07 Å². The summed E-state index contributed by atoms with van der Waals surface area (Å²) in [7, 11) is -5.09. The zero-order chi connectivity index (χ0) is 21.6. The average molecular weight is 494 g/mol. The van der Waals surface area contributed by atoms with E-state index in [0.29, 0.717) is 0 Å². The highest BCUT2D eigenvalue weighted by Gasteiger charge is 2.51. The van der Waals surface area contributed by atoms with Crippen molar-refractivity contribution in [2.24, 2.45) is 0 Å². The average Bonchev–Trinajstić information content (AvgIpc) is 2.64. The van der Waals surface area contributed by atoms with Crippen molar-refractivity contribution in [3.8, 4) is 11.5 Å². The summed E-state index contributed by atoms with van der Waals surface area (Å²) in [6.07, 6.45) is 0. The molecule has 152 valence electrons. The van der Waals surface area contributed by atoms with Crippen LogP contribution in [0.3, 0.4) is 0 Å². The second-order valence-electron chi connectivity index (χ2n) is 6.07. The first-order valence-corrected chi connectivity index (χ1v) is 10.9. The van der Waals surface area contributed by atoms with Crippen molar-refractivity contribution in [2.75, 3.05) is 0 Å². The van der Waals surface area contributed by atoms with Gasteiger partial charge in [0.1, 0.15) is 11.5 Å². The second-order valence-corrected chi connectivity index (χ2v) is 9.17.